The molecule has 0 spiro atoms. The van der Waals surface area contributed by atoms with Gasteiger partial charge < -0.3 is 10.2 Å². The Balaban J connectivity index is 1.77. The number of benzene rings is 1. The minimum absolute atomic E-state index is 0.0764. The van der Waals surface area contributed by atoms with Gasteiger partial charge in [-0.1, -0.05) is 6.07 Å². The number of aromatic nitrogens is 2. The molecule has 0 unspecified atom stereocenters. The standard InChI is InChI=1S/C16H16FN5O/c1-11(23)19-16-6-8-22(20-16)12-5-7-21(10-12)15-4-2-3-14(17)13(15)9-18/h2-4,6,8,12H,5,7,10H2,1H3,(H,19,20,23)/t12-/m0/s1. The van der Waals surface area contributed by atoms with Crippen molar-refractivity contribution >= 4 is 17.4 Å². The Morgan fingerprint density at radius 1 is 1.48 bits per heavy atom. The zero-order valence-electron chi connectivity index (χ0n) is 12.7. The number of hydrogen-bond acceptors (Lipinski definition) is 4. The quantitative estimate of drug-likeness (QED) is 0.943. The molecule has 0 radical (unpaired) electrons. The van der Waals surface area contributed by atoms with Crippen LogP contribution in [0, 0.1) is 17.1 Å². The Morgan fingerprint density at radius 3 is 3.04 bits per heavy atom. The van der Waals surface area contributed by atoms with Crippen LogP contribution in [0.5, 0.6) is 0 Å². The third-order valence-electron chi connectivity index (χ3n) is 3.89. The average molecular weight is 313 g/mol. The first-order valence-corrected chi connectivity index (χ1v) is 7.35. The molecular formula is C16H16FN5O. The third-order valence-corrected chi connectivity index (χ3v) is 3.89. The van der Waals surface area contributed by atoms with Crippen molar-refractivity contribution in [2.75, 3.05) is 23.3 Å². The zero-order chi connectivity index (χ0) is 16.4. The molecule has 1 aliphatic rings. The highest BCUT2D eigenvalue weighted by molar-refractivity contribution is 5.87. The normalized spacial score (nSPS) is 17.1. The highest BCUT2D eigenvalue weighted by Crippen LogP contribution is 2.30. The second-order valence-corrected chi connectivity index (χ2v) is 5.50. The number of nitrogens with one attached hydrogen (secondary N) is 1. The Labute approximate surface area is 133 Å². The van der Waals surface area contributed by atoms with Crippen molar-refractivity contribution in [1.82, 2.24) is 9.78 Å². The molecule has 1 fully saturated rings. The molecule has 1 amide bonds. The molecule has 3 rings (SSSR count). The zero-order valence-corrected chi connectivity index (χ0v) is 12.7. The van der Waals surface area contributed by atoms with Crippen molar-refractivity contribution in [3.05, 3.63) is 41.8 Å². The van der Waals surface area contributed by atoms with Crippen LogP contribution in [0.4, 0.5) is 15.9 Å². The molecule has 23 heavy (non-hydrogen) atoms. The largest absolute Gasteiger partial charge is 0.368 e. The van der Waals surface area contributed by atoms with Gasteiger partial charge in [-0.15, -0.1) is 0 Å². The van der Waals surface area contributed by atoms with E-state index in [0.717, 1.165) is 13.0 Å². The van der Waals surface area contributed by atoms with Gasteiger partial charge in [-0.3, -0.25) is 9.48 Å². The van der Waals surface area contributed by atoms with Crippen molar-refractivity contribution < 1.29 is 9.18 Å². The number of nitriles is 1. The Morgan fingerprint density at radius 2 is 2.30 bits per heavy atom. The Hall–Kier alpha value is -2.88. The lowest BCUT2D eigenvalue weighted by Crippen LogP contribution is -2.22. The van der Waals surface area contributed by atoms with Gasteiger partial charge in [0.1, 0.15) is 17.4 Å². The van der Waals surface area contributed by atoms with E-state index in [1.54, 1.807) is 22.9 Å². The molecule has 1 atom stereocenters. The number of anilines is 2. The second-order valence-electron chi connectivity index (χ2n) is 5.50. The average Bonchev–Trinajstić information content (AvgIpc) is 3.15. The highest BCUT2D eigenvalue weighted by atomic mass is 19.1. The van der Waals surface area contributed by atoms with E-state index in [1.807, 2.05) is 17.2 Å². The van der Waals surface area contributed by atoms with Crippen LogP contribution in [0.15, 0.2) is 30.5 Å². The van der Waals surface area contributed by atoms with E-state index in [-0.39, 0.29) is 17.5 Å². The fourth-order valence-corrected chi connectivity index (χ4v) is 2.85. The summed E-state index contributed by atoms with van der Waals surface area (Å²) < 4.78 is 15.5. The van der Waals surface area contributed by atoms with Crippen LogP contribution in [0.25, 0.3) is 0 Å². The molecule has 118 valence electrons. The fraction of sp³-hybridized carbons (Fsp3) is 0.312. The first-order chi connectivity index (χ1) is 11.1. The fourth-order valence-electron chi connectivity index (χ4n) is 2.85. The Kier molecular flexibility index (Phi) is 3.98. The minimum atomic E-state index is -0.500. The number of halogens is 1. The van der Waals surface area contributed by atoms with Crippen LogP contribution < -0.4 is 10.2 Å². The number of amides is 1. The number of hydrogen-bond donors (Lipinski definition) is 1. The summed E-state index contributed by atoms with van der Waals surface area (Å²) in [4.78, 5) is 13.0. The van der Waals surface area contributed by atoms with Crippen LogP contribution in [0.3, 0.4) is 0 Å². The van der Waals surface area contributed by atoms with Gasteiger partial charge in [0.25, 0.3) is 0 Å². The van der Waals surface area contributed by atoms with E-state index in [1.165, 1.54) is 13.0 Å². The van der Waals surface area contributed by atoms with Gasteiger partial charge in [0.2, 0.25) is 5.91 Å². The molecule has 1 aromatic heterocycles. The van der Waals surface area contributed by atoms with Gasteiger partial charge in [-0.25, -0.2) is 4.39 Å². The predicted octanol–water partition coefficient (Wildman–Crippen LogP) is 2.30. The summed E-state index contributed by atoms with van der Waals surface area (Å²) in [7, 11) is 0. The second kappa shape index (κ2) is 6.08. The summed E-state index contributed by atoms with van der Waals surface area (Å²) in [6.45, 7) is 2.79. The maximum absolute atomic E-state index is 13.7. The molecular weight excluding hydrogens is 297 g/mol. The van der Waals surface area contributed by atoms with Gasteiger partial charge in [-0.05, 0) is 18.6 Å². The van der Waals surface area contributed by atoms with Gasteiger partial charge in [0.15, 0.2) is 5.82 Å². The minimum Gasteiger partial charge on any atom is -0.368 e. The van der Waals surface area contributed by atoms with Crippen LogP contribution in [0.2, 0.25) is 0 Å². The predicted molar refractivity (Wildman–Crippen MR) is 83.5 cm³/mol. The number of carbonyl (C=O) groups excluding carboxylic acids is 1. The third kappa shape index (κ3) is 3.01. The molecule has 1 aliphatic heterocycles. The van der Waals surface area contributed by atoms with E-state index in [0.29, 0.717) is 18.1 Å². The molecule has 7 heteroatoms. The number of nitrogens with zero attached hydrogens (tertiary/aromatic N) is 4. The van der Waals surface area contributed by atoms with Gasteiger partial charge in [0.05, 0.1) is 11.7 Å². The van der Waals surface area contributed by atoms with Crippen molar-refractivity contribution in [3.8, 4) is 6.07 Å². The van der Waals surface area contributed by atoms with Gasteiger partial charge >= 0.3 is 0 Å². The lowest BCUT2D eigenvalue weighted by Gasteiger charge is -2.20. The van der Waals surface area contributed by atoms with Crippen molar-refractivity contribution in [3.63, 3.8) is 0 Å². The smallest absolute Gasteiger partial charge is 0.222 e. The van der Waals surface area contributed by atoms with E-state index >= 15 is 0 Å². The molecule has 2 heterocycles. The maximum atomic E-state index is 13.7. The molecule has 0 saturated carbocycles. The van der Waals surface area contributed by atoms with Crippen molar-refractivity contribution in [1.29, 1.82) is 5.26 Å². The van der Waals surface area contributed by atoms with Crippen molar-refractivity contribution in [2.24, 2.45) is 0 Å². The first kappa shape index (κ1) is 15.0. The summed E-state index contributed by atoms with van der Waals surface area (Å²) >= 11 is 0. The van der Waals surface area contributed by atoms with Gasteiger partial charge in [0, 0.05) is 32.3 Å². The topological polar surface area (TPSA) is 74.0 Å². The van der Waals surface area contributed by atoms with Crippen LogP contribution in [-0.4, -0.2) is 28.8 Å². The summed E-state index contributed by atoms with van der Waals surface area (Å²) in [6.07, 6.45) is 2.65. The van der Waals surface area contributed by atoms with E-state index in [4.69, 9.17) is 5.26 Å². The molecule has 1 aromatic carbocycles. The van der Waals surface area contributed by atoms with E-state index in [9.17, 15) is 9.18 Å². The maximum Gasteiger partial charge on any atom is 0.222 e. The number of rotatable bonds is 3. The highest BCUT2D eigenvalue weighted by Gasteiger charge is 2.27. The molecule has 2 aromatic rings. The van der Waals surface area contributed by atoms with Crippen LogP contribution in [-0.2, 0) is 4.79 Å². The Bertz CT molecular complexity index is 779. The van der Waals surface area contributed by atoms with E-state index in [2.05, 4.69) is 10.4 Å². The van der Waals surface area contributed by atoms with Crippen LogP contribution in [0.1, 0.15) is 24.9 Å². The molecule has 0 aliphatic carbocycles. The summed E-state index contributed by atoms with van der Waals surface area (Å²) in [5, 5.41) is 16.1. The van der Waals surface area contributed by atoms with Crippen molar-refractivity contribution in [2.45, 2.75) is 19.4 Å². The molecule has 0 bridgehead atoms. The lowest BCUT2D eigenvalue weighted by atomic mass is 10.1. The van der Waals surface area contributed by atoms with Gasteiger partial charge in [-0.2, -0.15) is 10.4 Å². The summed E-state index contributed by atoms with van der Waals surface area (Å²) in [5.41, 5.74) is 0.691. The molecule has 1 saturated heterocycles. The van der Waals surface area contributed by atoms with E-state index < -0.39 is 5.82 Å². The summed E-state index contributed by atoms with van der Waals surface area (Å²) in [5.74, 6) is -0.151. The van der Waals surface area contributed by atoms with Crippen LogP contribution >= 0.6 is 0 Å². The summed E-state index contributed by atoms with van der Waals surface area (Å²) in [6, 6.07) is 8.46. The lowest BCUT2D eigenvalue weighted by molar-refractivity contribution is -0.114. The molecule has 6 nitrogen and oxygen atoms in total. The first-order valence-electron chi connectivity index (χ1n) is 7.35. The monoisotopic (exact) mass is 313 g/mol. The SMILES string of the molecule is CC(=O)Nc1ccn([C@H]2CCN(c3cccc(F)c3C#N)C2)n1. The number of carbonyl (C=O) groups is 1. The molecule has 1 N–H and O–H groups in total.